The fraction of sp³-hybridized carbons (Fsp3) is 0.368. The van der Waals surface area contributed by atoms with Crippen molar-refractivity contribution in [1.29, 1.82) is 0 Å². The summed E-state index contributed by atoms with van der Waals surface area (Å²) < 4.78 is 5.81. The minimum Gasteiger partial charge on any atom is -0.377 e. The van der Waals surface area contributed by atoms with Crippen LogP contribution in [0.5, 0.6) is 0 Å². The first kappa shape index (κ1) is 30.2. The lowest BCUT2D eigenvalue weighted by Gasteiger charge is -2.27. The molecule has 0 N–H and O–H groups in total. The number of ether oxygens (including phenoxy) is 1. The first-order valence-electron chi connectivity index (χ1n) is 15.6. The zero-order valence-corrected chi connectivity index (χ0v) is 25.2. The SMILES string of the molecule is c1ccc(COCCCCCCCCCCCCC[P+](c2ccccc2)(c2ccccc2)c2ccccc2)cc1. The highest BCUT2D eigenvalue weighted by molar-refractivity contribution is 7.95. The molecule has 0 aliphatic rings. The monoisotopic (exact) mass is 551 g/mol. The zero-order chi connectivity index (χ0) is 27.6. The third-order valence-electron chi connectivity index (χ3n) is 7.98. The fourth-order valence-corrected chi connectivity index (χ4v) is 10.2. The van der Waals surface area contributed by atoms with Crippen LogP contribution in [0.2, 0.25) is 0 Å². The zero-order valence-electron chi connectivity index (χ0n) is 24.3. The van der Waals surface area contributed by atoms with Crippen LogP contribution in [0, 0.1) is 0 Å². The van der Waals surface area contributed by atoms with E-state index in [0.29, 0.717) is 0 Å². The van der Waals surface area contributed by atoms with Crippen LogP contribution in [-0.2, 0) is 11.3 Å². The van der Waals surface area contributed by atoms with E-state index in [1.54, 1.807) is 0 Å². The van der Waals surface area contributed by atoms with Crippen LogP contribution in [-0.4, -0.2) is 12.8 Å². The van der Waals surface area contributed by atoms with Crippen LogP contribution in [0.15, 0.2) is 121 Å². The van der Waals surface area contributed by atoms with Gasteiger partial charge in [-0.2, -0.15) is 0 Å². The van der Waals surface area contributed by atoms with Gasteiger partial charge in [0.1, 0.15) is 23.2 Å². The Morgan fingerprint density at radius 2 is 0.725 bits per heavy atom. The van der Waals surface area contributed by atoms with E-state index in [4.69, 9.17) is 4.74 Å². The second-order valence-electron chi connectivity index (χ2n) is 11.0. The maximum absolute atomic E-state index is 5.81. The lowest BCUT2D eigenvalue weighted by atomic mass is 10.1. The van der Waals surface area contributed by atoms with Gasteiger partial charge in [0.25, 0.3) is 0 Å². The average molecular weight is 552 g/mol. The van der Waals surface area contributed by atoms with Gasteiger partial charge < -0.3 is 4.74 Å². The number of unbranched alkanes of at least 4 members (excludes halogenated alkanes) is 10. The summed E-state index contributed by atoms with van der Waals surface area (Å²) >= 11 is 0. The average Bonchev–Trinajstić information content (AvgIpc) is 3.03. The predicted molar refractivity (Wildman–Crippen MR) is 177 cm³/mol. The number of rotatable bonds is 19. The summed E-state index contributed by atoms with van der Waals surface area (Å²) in [5, 5.41) is 4.53. The Balaban J connectivity index is 1.13. The first-order valence-corrected chi connectivity index (χ1v) is 17.5. The van der Waals surface area contributed by atoms with Crippen LogP contribution < -0.4 is 15.9 Å². The van der Waals surface area contributed by atoms with Crippen LogP contribution in [0.4, 0.5) is 0 Å². The van der Waals surface area contributed by atoms with E-state index in [-0.39, 0.29) is 0 Å². The van der Waals surface area contributed by atoms with Gasteiger partial charge in [0.15, 0.2) is 0 Å². The molecule has 0 bridgehead atoms. The van der Waals surface area contributed by atoms with Crippen molar-refractivity contribution < 1.29 is 4.74 Å². The highest BCUT2D eigenvalue weighted by Crippen LogP contribution is 2.56. The van der Waals surface area contributed by atoms with Crippen molar-refractivity contribution in [2.75, 3.05) is 12.8 Å². The van der Waals surface area contributed by atoms with Gasteiger partial charge in [-0.15, -0.1) is 0 Å². The maximum atomic E-state index is 5.81. The summed E-state index contributed by atoms with van der Waals surface area (Å²) in [5.41, 5.74) is 1.27. The Morgan fingerprint density at radius 3 is 1.15 bits per heavy atom. The maximum Gasteiger partial charge on any atom is 0.112 e. The van der Waals surface area contributed by atoms with E-state index in [1.165, 1.54) is 98.3 Å². The Bertz CT molecular complexity index is 1060. The molecule has 4 aromatic carbocycles. The van der Waals surface area contributed by atoms with Crippen molar-refractivity contribution in [3.63, 3.8) is 0 Å². The van der Waals surface area contributed by atoms with Gasteiger partial charge in [-0.3, -0.25) is 0 Å². The Labute approximate surface area is 244 Å². The van der Waals surface area contributed by atoms with E-state index in [0.717, 1.165) is 13.2 Å². The van der Waals surface area contributed by atoms with Crippen molar-refractivity contribution in [2.45, 2.75) is 77.2 Å². The molecule has 0 atom stereocenters. The Morgan fingerprint density at radius 1 is 0.375 bits per heavy atom. The molecule has 0 saturated carbocycles. The third-order valence-corrected chi connectivity index (χ3v) is 12.5. The molecule has 0 heterocycles. The highest BCUT2D eigenvalue weighted by atomic mass is 31.2. The number of hydrogen-bond acceptors (Lipinski definition) is 1. The third kappa shape index (κ3) is 9.43. The molecule has 0 aliphatic carbocycles. The molecule has 210 valence electrons. The van der Waals surface area contributed by atoms with Crippen molar-refractivity contribution >= 4 is 23.2 Å². The second-order valence-corrected chi connectivity index (χ2v) is 14.6. The number of benzene rings is 4. The van der Waals surface area contributed by atoms with Gasteiger partial charge in [-0.1, -0.05) is 136 Å². The summed E-state index contributed by atoms with van der Waals surface area (Å²) in [6, 6.07) is 44.4. The molecule has 0 aromatic heterocycles. The van der Waals surface area contributed by atoms with Crippen molar-refractivity contribution in [3.8, 4) is 0 Å². The summed E-state index contributed by atoms with van der Waals surface area (Å²) in [4.78, 5) is 0. The second kappa shape index (κ2) is 17.9. The summed E-state index contributed by atoms with van der Waals surface area (Å²) in [6.45, 7) is 1.63. The smallest absolute Gasteiger partial charge is 0.112 e. The van der Waals surface area contributed by atoms with Gasteiger partial charge in [0, 0.05) is 6.61 Å². The fourth-order valence-electron chi connectivity index (χ4n) is 5.79. The lowest BCUT2D eigenvalue weighted by molar-refractivity contribution is 0.116. The van der Waals surface area contributed by atoms with Gasteiger partial charge in [0.2, 0.25) is 0 Å². The standard InChI is InChI=1S/C38H48OP/c1(2-4-6-8-22-32-39-34-35-24-14-10-15-25-35)3-5-7-9-23-33-40(36-26-16-11-17-27-36,37-28-18-12-19-29-37)38-30-20-13-21-31-38/h10-21,24-31H,1-9,22-23,32-34H2/q+1. The molecule has 2 heteroatoms. The molecule has 40 heavy (non-hydrogen) atoms. The number of hydrogen-bond donors (Lipinski definition) is 0. The van der Waals surface area contributed by atoms with Gasteiger partial charge in [0.05, 0.1) is 12.8 Å². The Hall–Kier alpha value is -2.73. The lowest BCUT2D eigenvalue weighted by Crippen LogP contribution is -2.33. The van der Waals surface area contributed by atoms with Gasteiger partial charge in [-0.25, -0.2) is 0 Å². The topological polar surface area (TPSA) is 9.23 Å². The molecule has 0 saturated heterocycles. The normalized spacial score (nSPS) is 11.5. The van der Waals surface area contributed by atoms with Gasteiger partial charge >= 0.3 is 0 Å². The minimum absolute atomic E-state index is 0.744. The largest absolute Gasteiger partial charge is 0.377 e. The minimum atomic E-state index is -1.66. The van der Waals surface area contributed by atoms with E-state index >= 15 is 0 Å². The molecule has 0 radical (unpaired) electrons. The first-order chi connectivity index (χ1) is 19.9. The van der Waals surface area contributed by atoms with Crippen LogP contribution in [0.1, 0.15) is 76.2 Å². The summed E-state index contributed by atoms with van der Waals surface area (Å²) in [6.07, 6.45) is 16.0. The van der Waals surface area contributed by atoms with Crippen LogP contribution in [0.25, 0.3) is 0 Å². The molecule has 1 nitrogen and oxygen atoms in total. The molecule has 4 aromatic rings. The van der Waals surface area contributed by atoms with E-state index in [9.17, 15) is 0 Å². The Kier molecular flexibility index (Phi) is 13.5. The quantitative estimate of drug-likeness (QED) is 0.0833. The van der Waals surface area contributed by atoms with Crippen LogP contribution >= 0.6 is 7.26 Å². The van der Waals surface area contributed by atoms with E-state index in [2.05, 4.69) is 121 Å². The van der Waals surface area contributed by atoms with Crippen molar-refractivity contribution in [2.24, 2.45) is 0 Å². The molecule has 0 amide bonds. The molecule has 4 rings (SSSR count). The van der Waals surface area contributed by atoms with Gasteiger partial charge in [-0.05, 0) is 61.2 Å². The van der Waals surface area contributed by atoms with E-state index < -0.39 is 7.26 Å². The molecule has 0 unspecified atom stereocenters. The van der Waals surface area contributed by atoms with E-state index in [1.807, 2.05) is 0 Å². The molecule has 0 aliphatic heterocycles. The predicted octanol–water partition coefficient (Wildman–Crippen LogP) is 9.49. The molecular weight excluding hydrogens is 503 g/mol. The van der Waals surface area contributed by atoms with Crippen LogP contribution in [0.3, 0.4) is 0 Å². The molecular formula is C38H48OP+. The summed E-state index contributed by atoms with van der Waals surface area (Å²) in [7, 11) is -1.66. The van der Waals surface area contributed by atoms with Crippen molar-refractivity contribution in [1.82, 2.24) is 0 Å². The molecule has 0 spiro atoms. The molecule has 0 fully saturated rings. The highest BCUT2D eigenvalue weighted by Gasteiger charge is 2.44. The van der Waals surface area contributed by atoms with Crippen molar-refractivity contribution in [3.05, 3.63) is 127 Å². The summed E-state index contributed by atoms with van der Waals surface area (Å²) in [5.74, 6) is 0.